The van der Waals surface area contributed by atoms with Gasteiger partial charge in [0, 0.05) is 16.8 Å². The second kappa shape index (κ2) is 10.4. The molecule has 0 aromatic heterocycles. The summed E-state index contributed by atoms with van der Waals surface area (Å²) in [5.41, 5.74) is 7.89. The smallest absolute Gasteiger partial charge is 0.337 e. The highest BCUT2D eigenvalue weighted by atomic mass is 16.5. The van der Waals surface area contributed by atoms with E-state index in [1.807, 2.05) is 32.0 Å². The minimum Gasteiger partial charge on any atom is -0.505 e. The number of amides is 1. The number of carboxylic acids is 1. The number of para-hydroxylation sites is 1. The molecule has 0 unspecified atom stereocenters. The highest BCUT2D eigenvalue weighted by molar-refractivity contribution is 6.55. The fourth-order valence-corrected chi connectivity index (χ4v) is 4.74. The van der Waals surface area contributed by atoms with E-state index in [0.29, 0.717) is 28.1 Å². The van der Waals surface area contributed by atoms with Gasteiger partial charge in [0.15, 0.2) is 5.71 Å². The Labute approximate surface area is 230 Å². The van der Waals surface area contributed by atoms with E-state index in [0.717, 1.165) is 11.1 Å². The number of nitrogens with one attached hydrogen (secondary N) is 1. The van der Waals surface area contributed by atoms with Crippen molar-refractivity contribution in [3.63, 3.8) is 0 Å². The predicted molar refractivity (Wildman–Crippen MR) is 152 cm³/mol. The molecule has 5 rings (SSSR count). The van der Waals surface area contributed by atoms with Gasteiger partial charge in [0.2, 0.25) is 0 Å². The summed E-state index contributed by atoms with van der Waals surface area (Å²) in [5.74, 6) is -2.19. The molecule has 4 aromatic carbocycles. The number of hydrazone groups is 1. The van der Waals surface area contributed by atoms with Gasteiger partial charge < -0.3 is 14.9 Å². The molecule has 0 bridgehead atoms. The second-order valence-corrected chi connectivity index (χ2v) is 9.37. The maximum Gasteiger partial charge on any atom is 0.337 e. The van der Waals surface area contributed by atoms with Crippen LogP contribution in [0, 0.1) is 13.8 Å². The number of hydrogen-bond donors (Lipinski definition) is 3. The van der Waals surface area contributed by atoms with Crippen LogP contribution in [0.1, 0.15) is 37.4 Å². The van der Waals surface area contributed by atoms with Crippen molar-refractivity contribution in [3.05, 3.63) is 107 Å². The van der Waals surface area contributed by atoms with Crippen molar-refractivity contribution in [1.29, 1.82) is 0 Å². The monoisotopic (exact) mass is 535 g/mol. The Balaban J connectivity index is 1.56. The number of carbonyl (C=O) groups is 3. The topological polar surface area (TPSA) is 129 Å². The fourth-order valence-electron chi connectivity index (χ4n) is 4.74. The highest BCUT2D eigenvalue weighted by Gasteiger charge is 2.36. The summed E-state index contributed by atoms with van der Waals surface area (Å²) in [5, 5.41) is 24.7. The molecule has 9 heteroatoms. The average Bonchev–Trinajstić information content (AvgIpc) is 3.21. The van der Waals surface area contributed by atoms with Crippen LogP contribution in [0.15, 0.2) is 84.0 Å². The molecule has 0 radical (unpaired) electrons. The Morgan fingerprint density at radius 3 is 2.30 bits per heavy atom. The van der Waals surface area contributed by atoms with Crippen molar-refractivity contribution in [2.75, 3.05) is 17.4 Å². The normalized spacial score (nSPS) is 13.3. The van der Waals surface area contributed by atoms with Gasteiger partial charge in [-0.2, -0.15) is 5.10 Å². The van der Waals surface area contributed by atoms with Crippen LogP contribution >= 0.6 is 0 Å². The largest absolute Gasteiger partial charge is 0.505 e. The third-order valence-corrected chi connectivity index (χ3v) is 6.53. The Morgan fingerprint density at radius 2 is 1.60 bits per heavy atom. The highest BCUT2D eigenvalue weighted by Crippen LogP contribution is 2.39. The molecule has 0 aliphatic carbocycles. The molecule has 0 atom stereocenters. The quantitative estimate of drug-likeness (QED) is 0.165. The van der Waals surface area contributed by atoms with Crippen molar-refractivity contribution in [1.82, 2.24) is 0 Å². The van der Waals surface area contributed by atoms with Gasteiger partial charge in [0.05, 0.1) is 29.6 Å². The predicted octanol–water partition coefficient (Wildman–Crippen LogP) is 5.66. The first-order valence-electron chi connectivity index (χ1n) is 12.3. The molecule has 1 heterocycles. The molecular formula is C31H25N3O6. The molecule has 9 nitrogen and oxygen atoms in total. The number of anilines is 3. The Morgan fingerprint density at radius 1 is 0.875 bits per heavy atom. The number of esters is 1. The van der Waals surface area contributed by atoms with E-state index in [1.165, 1.54) is 24.1 Å². The number of benzene rings is 4. The standard InChI is InChI=1S/C31H25N3O6/c1-17-12-18(2)14-22(13-17)34-26-16-21(31(39)40-3)10-11-24(26)27(29(34)36)33-32-25-9-5-8-23(28(25)35)19-6-4-7-20(15-19)30(37)38/h4-16,32,35H,1-3H3,(H,37,38)/b33-27-. The molecule has 0 saturated carbocycles. The van der Waals surface area contributed by atoms with Crippen molar-refractivity contribution in [3.8, 4) is 16.9 Å². The molecular weight excluding hydrogens is 510 g/mol. The number of rotatable bonds is 6. The van der Waals surface area contributed by atoms with Gasteiger partial charge in [0.25, 0.3) is 5.91 Å². The van der Waals surface area contributed by atoms with E-state index in [9.17, 15) is 24.6 Å². The summed E-state index contributed by atoms with van der Waals surface area (Å²) in [6, 6.07) is 21.7. The molecule has 0 spiro atoms. The molecule has 1 aliphatic rings. The lowest BCUT2D eigenvalue weighted by Gasteiger charge is -2.19. The van der Waals surface area contributed by atoms with Crippen LogP contribution in [-0.4, -0.2) is 40.9 Å². The zero-order valence-corrected chi connectivity index (χ0v) is 21.9. The number of carbonyl (C=O) groups excluding carboxylic acids is 2. The summed E-state index contributed by atoms with van der Waals surface area (Å²) in [6.07, 6.45) is 0. The van der Waals surface area contributed by atoms with Crippen LogP contribution < -0.4 is 10.3 Å². The Hall–Kier alpha value is -5.44. The van der Waals surface area contributed by atoms with E-state index in [1.54, 1.807) is 48.5 Å². The SMILES string of the molecule is COC(=O)c1ccc2c(c1)N(c1cc(C)cc(C)c1)C(=O)/C2=N\Nc1cccc(-c2cccc(C(=O)O)c2)c1O. The van der Waals surface area contributed by atoms with Gasteiger partial charge in [-0.05, 0) is 79.1 Å². The summed E-state index contributed by atoms with van der Waals surface area (Å²) < 4.78 is 4.87. The first-order chi connectivity index (χ1) is 19.2. The zero-order valence-electron chi connectivity index (χ0n) is 21.9. The molecule has 1 aliphatic heterocycles. The van der Waals surface area contributed by atoms with Crippen molar-refractivity contribution >= 4 is 40.6 Å². The number of aromatic carboxylic acids is 1. The van der Waals surface area contributed by atoms with Crippen LogP contribution in [0.2, 0.25) is 0 Å². The number of nitrogens with zero attached hydrogens (tertiary/aromatic N) is 2. The Kier molecular flexibility index (Phi) is 6.79. The first kappa shape index (κ1) is 26.2. The van der Waals surface area contributed by atoms with Crippen LogP contribution in [0.5, 0.6) is 5.75 Å². The molecule has 0 saturated heterocycles. The number of methoxy groups -OCH3 is 1. The van der Waals surface area contributed by atoms with Gasteiger partial charge >= 0.3 is 11.9 Å². The Bertz CT molecular complexity index is 1710. The molecule has 200 valence electrons. The number of carboxylic acid groups (broad SMARTS) is 1. The van der Waals surface area contributed by atoms with Gasteiger partial charge in [-0.15, -0.1) is 0 Å². The van der Waals surface area contributed by atoms with E-state index in [-0.39, 0.29) is 28.3 Å². The molecule has 4 aromatic rings. The van der Waals surface area contributed by atoms with Crippen molar-refractivity contribution < 1.29 is 29.3 Å². The average molecular weight is 536 g/mol. The van der Waals surface area contributed by atoms with Crippen LogP contribution in [0.3, 0.4) is 0 Å². The first-order valence-corrected chi connectivity index (χ1v) is 12.3. The number of hydrogen-bond acceptors (Lipinski definition) is 7. The number of aryl methyl sites for hydroxylation is 2. The van der Waals surface area contributed by atoms with Gasteiger partial charge in [-0.1, -0.05) is 30.3 Å². The van der Waals surface area contributed by atoms with E-state index < -0.39 is 17.8 Å². The second-order valence-electron chi connectivity index (χ2n) is 9.37. The van der Waals surface area contributed by atoms with E-state index >= 15 is 0 Å². The molecule has 1 amide bonds. The van der Waals surface area contributed by atoms with Crippen molar-refractivity contribution in [2.45, 2.75) is 13.8 Å². The number of fused-ring (bicyclic) bond motifs is 1. The molecule has 0 fully saturated rings. The number of ether oxygens (including phenoxy) is 1. The van der Waals surface area contributed by atoms with Crippen LogP contribution in [0.25, 0.3) is 11.1 Å². The summed E-state index contributed by atoms with van der Waals surface area (Å²) in [7, 11) is 1.29. The number of aromatic hydroxyl groups is 1. The maximum absolute atomic E-state index is 13.8. The fraction of sp³-hybridized carbons (Fsp3) is 0.0968. The van der Waals surface area contributed by atoms with Crippen LogP contribution in [-0.2, 0) is 9.53 Å². The molecule has 3 N–H and O–H groups in total. The number of phenolic OH excluding ortho intramolecular Hbond substituents is 1. The van der Waals surface area contributed by atoms with E-state index in [2.05, 4.69) is 10.5 Å². The summed E-state index contributed by atoms with van der Waals surface area (Å²) in [6.45, 7) is 3.86. The maximum atomic E-state index is 13.8. The lowest BCUT2D eigenvalue weighted by atomic mass is 10.0. The van der Waals surface area contributed by atoms with Crippen LogP contribution in [0.4, 0.5) is 17.1 Å². The third kappa shape index (κ3) is 4.76. The lowest BCUT2D eigenvalue weighted by molar-refractivity contribution is -0.111. The van der Waals surface area contributed by atoms with E-state index in [4.69, 9.17) is 4.74 Å². The molecule has 40 heavy (non-hydrogen) atoms. The lowest BCUT2D eigenvalue weighted by Crippen LogP contribution is -2.26. The zero-order chi connectivity index (χ0) is 28.6. The van der Waals surface area contributed by atoms with Crippen molar-refractivity contribution in [2.24, 2.45) is 5.10 Å². The summed E-state index contributed by atoms with van der Waals surface area (Å²) >= 11 is 0. The minimum absolute atomic E-state index is 0.0847. The minimum atomic E-state index is -1.08. The summed E-state index contributed by atoms with van der Waals surface area (Å²) in [4.78, 5) is 38.9. The van der Waals surface area contributed by atoms with Gasteiger partial charge in [0.1, 0.15) is 5.75 Å². The number of phenols is 1. The van der Waals surface area contributed by atoms with Gasteiger partial charge in [-0.3, -0.25) is 15.1 Å². The third-order valence-electron chi connectivity index (χ3n) is 6.53. The van der Waals surface area contributed by atoms with Gasteiger partial charge in [-0.25, -0.2) is 9.59 Å².